The lowest BCUT2D eigenvalue weighted by molar-refractivity contribution is -0.166. The van der Waals surface area contributed by atoms with Crippen LogP contribution in [0.5, 0.6) is 11.5 Å². The SMILES string of the molecule is COc1cccc([C@@H]2CN3C(=O)CN(Cc4ccc(Cl)cc4)C(=O)[C@]3(C)c3[nH]c4ccccc4c32)c1OC. The number of aromatic nitrogens is 1. The van der Waals surface area contributed by atoms with E-state index >= 15 is 0 Å². The van der Waals surface area contributed by atoms with Gasteiger partial charge in [0.2, 0.25) is 5.91 Å². The van der Waals surface area contributed by atoms with Gasteiger partial charge in [0.15, 0.2) is 17.0 Å². The standard InChI is InChI=1S/C30H28ClN3O4/c1-30-28-26(21-7-4-5-9-23(21)32-28)22(20-8-6-10-24(37-2)27(20)38-3)16-34(30)25(35)17-33(29(30)36)15-18-11-13-19(31)14-12-18/h4-14,22,32H,15-17H2,1-3H3/t22-,30-/m0/s1. The highest BCUT2D eigenvalue weighted by Crippen LogP contribution is 2.50. The third-order valence-corrected chi connectivity index (χ3v) is 8.16. The molecule has 2 aliphatic rings. The molecular weight excluding hydrogens is 502 g/mol. The van der Waals surface area contributed by atoms with Gasteiger partial charge in [0, 0.05) is 40.5 Å². The summed E-state index contributed by atoms with van der Waals surface area (Å²) >= 11 is 6.06. The van der Waals surface area contributed by atoms with Crippen molar-refractivity contribution in [2.45, 2.75) is 24.9 Å². The van der Waals surface area contributed by atoms with Crippen molar-refractivity contribution in [1.82, 2.24) is 14.8 Å². The number of ether oxygens (including phenoxy) is 2. The predicted molar refractivity (Wildman–Crippen MR) is 146 cm³/mol. The van der Waals surface area contributed by atoms with E-state index in [0.29, 0.717) is 29.6 Å². The summed E-state index contributed by atoms with van der Waals surface area (Å²) in [5, 5.41) is 1.65. The summed E-state index contributed by atoms with van der Waals surface area (Å²) in [5.41, 5.74) is 3.29. The molecule has 2 aliphatic heterocycles. The van der Waals surface area contributed by atoms with Crippen molar-refractivity contribution in [1.29, 1.82) is 0 Å². The number of carbonyl (C=O) groups excluding carboxylic acids is 2. The van der Waals surface area contributed by atoms with Crippen LogP contribution in [0, 0.1) is 0 Å². The van der Waals surface area contributed by atoms with Crippen LogP contribution in [0.1, 0.15) is 35.2 Å². The second kappa shape index (κ2) is 9.10. The van der Waals surface area contributed by atoms with Crippen LogP contribution in [-0.2, 0) is 21.7 Å². The van der Waals surface area contributed by atoms with Gasteiger partial charge in [0.1, 0.15) is 6.54 Å². The van der Waals surface area contributed by atoms with Crippen molar-refractivity contribution in [3.05, 3.63) is 94.1 Å². The first-order chi connectivity index (χ1) is 18.4. The van der Waals surface area contributed by atoms with E-state index in [4.69, 9.17) is 21.1 Å². The monoisotopic (exact) mass is 529 g/mol. The largest absolute Gasteiger partial charge is 0.493 e. The summed E-state index contributed by atoms with van der Waals surface area (Å²) in [4.78, 5) is 34.9. The van der Waals surface area contributed by atoms with Gasteiger partial charge in [0.25, 0.3) is 5.91 Å². The Morgan fingerprint density at radius 3 is 2.50 bits per heavy atom. The zero-order valence-electron chi connectivity index (χ0n) is 21.5. The summed E-state index contributed by atoms with van der Waals surface area (Å²) in [6, 6.07) is 21.2. The van der Waals surface area contributed by atoms with Gasteiger partial charge in [-0.25, -0.2) is 0 Å². The van der Waals surface area contributed by atoms with Gasteiger partial charge in [-0.15, -0.1) is 0 Å². The molecular formula is C30H28ClN3O4. The number of rotatable bonds is 5. The maximum atomic E-state index is 14.2. The molecule has 0 saturated carbocycles. The maximum absolute atomic E-state index is 14.2. The minimum atomic E-state index is -1.18. The van der Waals surface area contributed by atoms with Gasteiger partial charge >= 0.3 is 0 Å². The lowest BCUT2D eigenvalue weighted by Gasteiger charge is -2.51. The fourth-order valence-corrected chi connectivity index (χ4v) is 6.21. The van der Waals surface area contributed by atoms with Crippen molar-refractivity contribution in [3.63, 3.8) is 0 Å². The number of benzene rings is 3. The molecule has 1 saturated heterocycles. The molecule has 1 aromatic heterocycles. The number of amides is 2. The number of carbonyl (C=O) groups is 2. The molecule has 0 bridgehead atoms. The molecule has 2 amide bonds. The van der Waals surface area contributed by atoms with E-state index in [-0.39, 0.29) is 24.3 Å². The van der Waals surface area contributed by atoms with E-state index in [2.05, 4.69) is 11.1 Å². The van der Waals surface area contributed by atoms with Gasteiger partial charge in [-0.3, -0.25) is 9.59 Å². The van der Waals surface area contributed by atoms with Crippen LogP contribution in [0.25, 0.3) is 10.9 Å². The topological polar surface area (TPSA) is 74.9 Å². The molecule has 1 N–H and O–H groups in total. The Bertz CT molecular complexity index is 1560. The molecule has 0 aliphatic carbocycles. The second-order valence-corrected chi connectivity index (χ2v) is 10.4. The van der Waals surface area contributed by atoms with Gasteiger partial charge in [0.05, 0.1) is 19.9 Å². The third-order valence-electron chi connectivity index (χ3n) is 7.91. The van der Waals surface area contributed by atoms with Crippen LogP contribution in [-0.4, -0.2) is 53.9 Å². The van der Waals surface area contributed by atoms with Crippen LogP contribution in [0.4, 0.5) is 0 Å². The van der Waals surface area contributed by atoms with E-state index in [1.165, 1.54) is 0 Å². The van der Waals surface area contributed by atoms with E-state index < -0.39 is 5.54 Å². The minimum absolute atomic E-state index is 0.00851. The fourth-order valence-electron chi connectivity index (χ4n) is 6.08. The zero-order chi connectivity index (χ0) is 26.6. The summed E-state index contributed by atoms with van der Waals surface area (Å²) in [6.45, 7) is 2.53. The minimum Gasteiger partial charge on any atom is -0.493 e. The number of aromatic amines is 1. The van der Waals surface area contributed by atoms with Gasteiger partial charge in [-0.2, -0.15) is 0 Å². The highest BCUT2D eigenvalue weighted by molar-refractivity contribution is 6.30. The molecule has 2 atom stereocenters. The number of nitrogens with one attached hydrogen (secondary N) is 1. The average molecular weight is 530 g/mol. The summed E-state index contributed by atoms with van der Waals surface area (Å²) in [5.74, 6) is 0.807. The van der Waals surface area contributed by atoms with Crippen LogP contribution in [0.15, 0.2) is 66.7 Å². The van der Waals surface area contributed by atoms with E-state index in [1.807, 2.05) is 55.5 Å². The van der Waals surface area contributed by atoms with Crippen LogP contribution < -0.4 is 9.47 Å². The smallest absolute Gasteiger partial charge is 0.255 e. The van der Waals surface area contributed by atoms with Crippen molar-refractivity contribution in [2.24, 2.45) is 0 Å². The molecule has 194 valence electrons. The van der Waals surface area contributed by atoms with Crippen LogP contribution in [0.3, 0.4) is 0 Å². The molecule has 1 fully saturated rings. The molecule has 7 nitrogen and oxygen atoms in total. The molecule has 4 aromatic rings. The molecule has 38 heavy (non-hydrogen) atoms. The fraction of sp³-hybridized carbons (Fsp3) is 0.267. The number of para-hydroxylation sites is 2. The number of piperazine rings is 1. The molecule has 8 heteroatoms. The van der Waals surface area contributed by atoms with E-state index in [9.17, 15) is 9.59 Å². The van der Waals surface area contributed by atoms with Crippen molar-refractivity contribution >= 4 is 34.3 Å². The van der Waals surface area contributed by atoms with E-state index in [0.717, 1.165) is 33.3 Å². The first-order valence-corrected chi connectivity index (χ1v) is 12.9. The number of hydrogen-bond donors (Lipinski definition) is 1. The van der Waals surface area contributed by atoms with Crippen LogP contribution >= 0.6 is 11.6 Å². The Balaban J connectivity index is 1.52. The summed E-state index contributed by atoms with van der Waals surface area (Å²) in [6.07, 6.45) is 0. The molecule has 6 rings (SSSR count). The lowest BCUT2D eigenvalue weighted by atomic mass is 9.76. The highest BCUT2D eigenvalue weighted by Gasteiger charge is 2.56. The molecule has 0 radical (unpaired) electrons. The first kappa shape index (κ1) is 24.4. The first-order valence-electron chi connectivity index (χ1n) is 12.5. The Hall–Kier alpha value is -3.97. The molecule has 3 heterocycles. The van der Waals surface area contributed by atoms with Crippen molar-refractivity contribution in [3.8, 4) is 11.5 Å². The van der Waals surface area contributed by atoms with Gasteiger partial charge in [-0.1, -0.05) is 54.1 Å². The molecule has 0 unspecified atom stereocenters. The number of H-pyrrole nitrogens is 1. The Morgan fingerprint density at radius 1 is 1.00 bits per heavy atom. The maximum Gasteiger partial charge on any atom is 0.255 e. The highest BCUT2D eigenvalue weighted by atomic mass is 35.5. The number of halogens is 1. The molecule has 3 aromatic carbocycles. The van der Waals surface area contributed by atoms with Crippen LogP contribution in [0.2, 0.25) is 5.02 Å². The van der Waals surface area contributed by atoms with Gasteiger partial charge < -0.3 is 24.3 Å². The Morgan fingerprint density at radius 2 is 1.76 bits per heavy atom. The van der Waals surface area contributed by atoms with E-state index in [1.54, 1.807) is 36.2 Å². The van der Waals surface area contributed by atoms with Crippen molar-refractivity contribution < 1.29 is 19.1 Å². The van der Waals surface area contributed by atoms with Gasteiger partial charge in [-0.05, 0) is 42.3 Å². The number of fused-ring (bicyclic) bond motifs is 5. The lowest BCUT2D eigenvalue weighted by Crippen LogP contribution is -2.67. The normalized spacial score (nSPS) is 20.9. The third kappa shape index (κ3) is 3.56. The summed E-state index contributed by atoms with van der Waals surface area (Å²) < 4.78 is 11.4. The number of nitrogens with zero attached hydrogens (tertiary/aromatic N) is 2. The number of methoxy groups -OCH3 is 2. The van der Waals surface area contributed by atoms with Crippen molar-refractivity contribution in [2.75, 3.05) is 27.3 Å². The Kier molecular flexibility index (Phi) is 5.83. The zero-order valence-corrected chi connectivity index (χ0v) is 22.2. The quantitative estimate of drug-likeness (QED) is 0.392. The Labute approximate surface area is 225 Å². The molecule has 0 spiro atoms. The predicted octanol–water partition coefficient (Wildman–Crippen LogP) is 5.07. The second-order valence-electron chi connectivity index (χ2n) is 9.96. The average Bonchev–Trinajstić information content (AvgIpc) is 3.33. The number of hydrogen-bond acceptors (Lipinski definition) is 4. The summed E-state index contributed by atoms with van der Waals surface area (Å²) in [7, 11) is 3.23.